The Labute approximate surface area is 780 Å². The monoisotopic (exact) mass is 1240 g/mol. The first-order valence-electron chi connectivity index (χ1n) is 16.4. The van der Waals surface area contributed by atoms with E-state index in [1.54, 1.807) is 25.3 Å². The molecule has 4 aromatic rings. The number of fused-ring (bicyclic) bond motifs is 4. The molecule has 0 N–H and O–H groups in total. The van der Waals surface area contributed by atoms with Gasteiger partial charge in [0.2, 0.25) is 0 Å². The van der Waals surface area contributed by atoms with E-state index in [1.807, 2.05) is 51.1 Å². The summed E-state index contributed by atoms with van der Waals surface area (Å²) in [7, 11) is 1.56. The third kappa shape index (κ3) is 25.5. The van der Waals surface area contributed by atoms with Crippen LogP contribution in [0, 0.1) is 141 Å². The summed E-state index contributed by atoms with van der Waals surface area (Å²) in [4.78, 5) is 20.3. The smallest absolute Gasteiger partial charge is 0.579 e. The van der Waals surface area contributed by atoms with Crippen molar-refractivity contribution in [1.29, 1.82) is 21.0 Å². The van der Waals surface area contributed by atoms with Crippen molar-refractivity contribution in [2.75, 3.05) is 7.11 Å². The van der Waals surface area contributed by atoms with Crippen LogP contribution < -0.4 is 416 Å². The molecule has 4 heterocycles. The molecule has 0 bridgehead atoms. The van der Waals surface area contributed by atoms with E-state index in [0.717, 1.165) is 68.6 Å². The van der Waals surface area contributed by atoms with Gasteiger partial charge in [-0.25, -0.2) is 80.8 Å². The van der Waals surface area contributed by atoms with Crippen molar-refractivity contribution >= 4 is 94.1 Å². The van der Waals surface area contributed by atoms with Crippen molar-refractivity contribution in [2.45, 2.75) is 59.9 Å². The van der Waals surface area contributed by atoms with Gasteiger partial charge in [-0.1, -0.05) is 0 Å². The van der Waals surface area contributed by atoms with E-state index in [9.17, 15) is 0 Å². The number of hydrogen-bond acceptors (Lipinski definition) is 13. The summed E-state index contributed by atoms with van der Waals surface area (Å²) < 4.78 is 7.94. The van der Waals surface area contributed by atoms with Crippen LogP contribution in [0.4, 0.5) is 0 Å². The van der Waals surface area contributed by atoms with Gasteiger partial charge < -0.3 is 47.2 Å². The van der Waals surface area contributed by atoms with E-state index < -0.39 is 0 Å². The fraction of sp³-hybridized carbons (Fsp3) is 0.0909. The van der Waals surface area contributed by atoms with Crippen LogP contribution >= 0.6 is 94.1 Å². The molecule has 25 heteroatoms. The molecule has 0 radical (unpaired) electrons. The normalized spacial score (nSPS) is 12.9. The zero-order valence-corrected chi connectivity index (χ0v) is 71.1. The number of nitrogens with zero attached hydrogens (tertiary/aromatic N) is 8. The maximum atomic E-state index is 8.81. The van der Waals surface area contributed by atoms with E-state index in [4.69, 9.17) is 52.1 Å². The van der Waals surface area contributed by atoms with Crippen LogP contribution in [-0.4, -0.2) is 7.11 Å². The molecule has 9 nitrogen and oxygen atoms in total. The standard InChI is InChI=1S/C12H6N2S2.C11H4N2OS2.C11H4N2S2.C10H2N2S2.8K/c1-7-4-10-11(5-8(7)2)16-12(15-10)9(6-13)14-3;1-13-8(6-12)11-15-9-4-3-7(14-2)5-10(9)16-11;1-7-3-4-9-10(5-7)15-11(14-9)8(6-12)13-2;1-12-7(6-11)10-13-8-4-2-3-5-9(8)14-10;;;;;;;;/h1-2H3;3H,2H3;3H,1H3;2-3H;;;;;;;;/q4*-2;8*+1/b;2*11-8+;;;;;;;;;. The molecular weight excluding hydrogens is 1230 g/mol. The van der Waals surface area contributed by atoms with Crippen LogP contribution in [0.1, 0.15) is 16.7 Å². The quantitative estimate of drug-likeness (QED) is 0.102. The fourth-order valence-corrected chi connectivity index (χ4v) is 13.4. The SMILES string of the molecule is [C-]#[N+]/C(C#N)=C1\Sc2[c-]cc(C)[c-]c2S1.[C-]#[N+]/C(C#N)=C1\Sc2[c-]cc(OC)[c-]c2S1.[C-]#[N+]C(C#N)=C1Sc2[c-]c(C)c(C)[c-]c2S1.[C-]#[N+]C(C#N)=C1Sc2[c-]cc[c-]c2S1.[K+].[K+].[K+].[K+].[K+].[K+].[K+].[K+]. The van der Waals surface area contributed by atoms with Crippen LogP contribution in [-0.2, 0) is 0 Å². The maximum Gasteiger partial charge on any atom is 1.00 e. The summed E-state index contributed by atoms with van der Waals surface area (Å²) in [6, 6.07) is 39.7. The van der Waals surface area contributed by atoms with E-state index in [0.29, 0.717) is 9.99 Å². The molecule has 4 aromatic carbocycles. The van der Waals surface area contributed by atoms with Crippen molar-refractivity contribution in [2.24, 2.45) is 0 Å². The third-order valence-corrected chi connectivity index (χ3v) is 16.9. The van der Waals surface area contributed by atoms with Gasteiger partial charge in [0, 0.05) is 16.9 Å². The summed E-state index contributed by atoms with van der Waals surface area (Å²) in [5, 5.41) is 35.0. The number of methoxy groups -OCH3 is 1. The Morgan fingerprint density at radius 2 is 0.710 bits per heavy atom. The van der Waals surface area contributed by atoms with E-state index in [2.05, 4.69) is 67.9 Å². The fourth-order valence-electron chi connectivity index (χ4n) is 4.30. The molecule has 0 saturated heterocycles. The van der Waals surface area contributed by atoms with Crippen LogP contribution in [0.25, 0.3) is 19.4 Å². The summed E-state index contributed by atoms with van der Waals surface area (Å²) >= 11 is 11.3. The number of rotatable bonds is 1. The third-order valence-electron chi connectivity index (χ3n) is 7.23. The average Bonchev–Trinajstić information content (AvgIpc) is 4.08. The Kier molecular flexibility index (Phi) is 54.0. The summed E-state index contributed by atoms with van der Waals surface area (Å²) in [5.74, 6) is 0.606. The van der Waals surface area contributed by atoms with Crippen molar-refractivity contribution < 1.29 is 416 Å². The zero-order chi connectivity index (χ0) is 44.1. The van der Waals surface area contributed by atoms with E-state index >= 15 is 0 Å². The number of aryl methyl sites for hydroxylation is 3. The van der Waals surface area contributed by atoms with Gasteiger partial charge in [-0.05, 0) is 0 Å². The van der Waals surface area contributed by atoms with Crippen LogP contribution in [0.3, 0.4) is 0 Å². The Bertz CT molecular complexity index is 2860. The minimum atomic E-state index is 0. The molecule has 0 aliphatic carbocycles. The predicted octanol–water partition coefficient (Wildman–Crippen LogP) is -10.6. The van der Waals surface area contributed by atoms with Crippen molar-refractivity contribution in [3.05, 3.63) is 175 Å². The van der Waals surface area contributed by atoms with Crippen LogP contribution in [0.2, 0.25) is 0 Å². The van der Waals surface area contributed by atoms with E-state index in [-0.39, 0.29) is 434 Å². The number of allylic oxidation sites excluding steroid dienone is 4. The van der Waals surface area contributed by atoms with Gasteiger partial charge in [-0.3, -0.25) is 41.0 Å². The number of hydrogen-bond donors (Lipinski definition) is 0. The van der Waals surface area contributed by atoms with Gasteiger partial charge in [0.1, 0.15) is 0 Å². The molecule has 0 atom stereocenters. The minimum absolute atomic E-state index is 0. The molecule has 0 saturated carbocycles. The largest absolute Gasteiger partial charge is 1.00 e. The second kappa shape index (κ2) is 45.0. The van der Waals surface area contributed by atoms with Crippen LogP contribution in [0.15, 0.2) is 103 Å². The number of benzene rings is 4. The Morgan fingerprint density at radius 1 is 0.435 bits per heavy atom. The minimum Gasteiger partial charge on any atom is -0.579 e. The molecule has 4 aliphatic rings. The first-order chi connectivity index (χ1) is 29.5. The van der Waals surface area contributed by atoms with Crippen molar-refractivity contribution in [1.82, 2.24) is 0 Å². The van der Waals surface area contributed by atoms with Gasteiger partial charge >= 0.3 is 411 Å². The first-order valence-corrected chi connectivity index (χ1v) is 22.9. The van der Waals surface area contributed by atoms with Crippen LogP contribution in [0.5, 0.6) is 5.75 Å². The van der Waals surface area contributed by atoms with Gasteiger partial charge in [-0.2, -0.15) is 99.0 Å². The maximum absolute atomic E-state index is 8.81. The number of ether oxygens (including phenoxy) is 1. The van der Waals surface area contributed by atoms with Gasteiger partial charge in [-0.15, -0.1) is 26.5 Å². The van der Waals surface area contributed by atoms with Crippen molar-refractivity contribution in [3.8, 4) is 30.0 Å². The second-order valence-electron chi connectivity index (χ2n) is 11.1. The molecule has 0 aromatic heterocycles. The predicted molar refractivity (Wildman–Crippen MR) is 241 cm³/mol. The summed E-state index contributed by atoms with van der Waals surface area (Å²) in [5.41, 5.74) is 3.72. The average molecular weight is 1240 g/mol. The number of nitriles is 4. The molecule has 0 unspecified atom stereocenters. The van der Waals surface area contributed by atoms with Gasteiger partial charge in [0.25, 0.3) is 22.8 Å². The molecule has 0 amide bonds. The molecule has 4 aliphatic heterocycles. The Balaban J connectivity index is -0.000000393. The molecular formula is C44H16K8N8OS8. The van der Waals surface area contributed by atoms with Gasteiger partial charge in [0.15, 0.2) is 0 Å². The molecule has 8 rings (SSSR count). The first kappa shape index (κ1) is 82.9. The summed E-state index contributed by atoms with van der Waals surface area (Å²) in [6.07, 6.45) is 0. The van der Waals surface area contributed by atoms with E-state index in [1.165, 1.54) is 94.1 Å². The zero-order valence-electron chi connectivity index (χ0n) is 39.6. The summed E-state index contributed by atoms with van der Waals surface area (Å²) in [6.45, 7) is 33.4. The van der Waals surface area contributed by atoms with Crippen molar-refractivity contribution in [3.63, 3.8) is 0 Å². The molecule has 69 heavy (non-hydrogen) atoms. The topological polar surface area (TPSA) is 122 Å². The molecule has 0 spiro atoms. The Morgan fingerprint density at radius 3 is 1.01 bits per heavy atom. The Hall–Kier alpha value is 7.45. The number of thioether (sulfide) groups is 8. The second-order valence-corrected chi connectivity index (χ2v) is 20.3. The molecule has 294 valence electrons. The molecule has 0 fully saturated rings. The van der Waals surface area contributed by atoms with Gasteiger partial charge in [0.05, 0.1) is 57.7 Å².